The number of pyridine rings is 2. The molecule has 0 spiro atoms. The number of nitrogens with zero attached hydrogens (tertiary/aromatic N) is 4. The van der Waals surface area contributed by atoms with Crippen LogP contribution < -0.4 is 10.3 Å². The van der Waals surface area contributed by atoms with Crippen LogP contribution in [-0.2, 0) is 22.2 Å². The third-order valence-electron chi connectivity index (χ3n) is 7.47. The Morgan fingerprint density at radius 3 is 2.56 bits per heavy atom. The van der Waals surface area contributed by atoms with Gasteiger partial charge in [0.05, 0.1) is 16.8 Å². The largest absolute Gasteiger partial charge is 0.488 e. The SMILES string of the molecule is CCOC1(c2cc3c(Cl)nc(C)c(OC[C@@H]4CCCN4C)c3n(C)c2=O)CCN(C(C)=O)CC1. The molecule has 2 aromatic rings. The summed E-state index contributed by atoms with van der Waals surface area (Å²) in [7, 11) is 3.86. The monoisotopic (exact) mass is 490 g/mol. The van der Waals surface area contributed by atoms with Gasteiger partial charge in [-0.1, -0.05) is 11.6 Å². The maximum atomic E-state index is 13.7. The maximum absolute atomic E-state index is 13.7. The second kappa shape index (κ2) is 9.84. The summed E-state index contributed by atoms with van der Waals surface area (Å²) in [5.74, 6) is 0.636. The van der Waals surface area contributed by atoms with E-state index in [9.17, 15) is 9.59 Å². The van der Waals surface area contributed by atoms with Crippen molar-refractivity contribution in [1.82, 2.24) is 19.4 Å². The summed E-state index contributed by atoms with van der Waals surface area (Å²) in [6.45, 7) is 8.50. The normalized spacial score (nSPS) is 20.8. The van der Waals surface area contributed by atoms with Gasteiger partial charge in [-0.2, -0.15) is 0 Å². The molecule has 4 heterocycles. The van der Waals surface area contributed by atoms with E-state index in [2.05, 4.69) is 16.9 Å². The molecule has 34 heavy (non-hydrogen) atoms. The Labute approximate surface area is 205 Å². The standard InChI is InChI=1S/C25H35ClN4O4/c1-6-34-25(9-12-30(13-10-25)17(3)31)20-14-19-21(29(5)24(20)32)22(16(2)27-23(19)26)33-15-18-8-7-11-28(18)4/h14,18H,6-13,15H2,1-5H3/t18-/m0/s1. The lowest BCUT2D eigenvalue weighted by atomic mass is 9.84. The Hall–Kier alpha value is -2.16. The van der Waals surface area contributed by atoms with Gasteiger partial charge in [0, 0.05) is 45.1 Å². The Bertz CT molecular complexity index is 1140. The summed E-state index contributed by atoms with van der Waals surface area (Å²) < 4.78 is 14.2. The molecule has 2 aromatic heterocycles. The number of carbonyl (C=O) groups is 1. The van der Waals surface area contributed by atoms with E-state index in [1.165, 1.54) is 0 Å². The van der Waals surface area contributed by atoms with Crippen molar-refractivity contribution in [2.45, 2.75) is 58.1 Å². The van der Waals surface area contributed by atoms with Gasteiger partial charge in [0.2, 0.25) is 5.91 Å². The average molecular weight is 491 g/mol. The number of amides is 1. The van der Waals surface area contributed by atoms with Crippen molar-refractivity contribution in [2.75, 3.05) is 39.9 Å². The van der Waals surface area contributed by atoms with E-state index in [1.54, 1.807) is 23.4 Å². The molecule has 2 aliphatic heterocycles. The molecule has 0 saturated carbocycles. The smallest absolute Gasteiger partial charge is 0.257 e. The lowest BCUT2D eigenvalue weighted by molar-refractivity contribution is -0.136. The summed E-state index contributed by atoms with van der Waals surface area (Å²) >= 11 is 6.62. The molecule has 0 aliphatic carbocycles. The second-order valence-electron chi connectivity index (χ2n) is 9.52. The first-order chi connectivity index (χ1) is 16.2. The van der Waals surface area contributed by atoms with Crippen LogP contribution in [0, 0.1) is 6.92 Å². The first-order valence-electron chi connectivity index (χ1n) is 12.1. The van der Waals surface area contributed by atoms with Crippen molar-refractivity contribution in [2.24, 2.45) is 7.05 Å². The summed E-state index contributed by atoms with van der Waals surface area (Å²) in [5.41, 5.74) is 0.962. The van der Waals surface area contributed by atoms with Crippen LogP contribution in [0.25, 0.3) is 10.9 Å². The molecule has 0 N–H and O–H groups in total. The number of rotatable bonds is 6. The highest BCUT2D eigenvalue weighted by atomic mass is 35.5. The highest BCUT2D eigenvalue weighted by Crippen LogP contribution is 2.39. The van der Waals surface area contributed by atoms with Crippen molar-refractivity contribution >= 4 is 28.4 Å². The molecule has 2 fully saturated rings. The maximum Gasteiger partial charge on any atom is 0.257 e. The van der Waals surface area contributed by atoms with E-state index in [-0.39, 0.29) is 11.5 Å². The zero-order chi connectivity index (χ0) is 24.6. The second-order valence-corrected chi connectivity index (χ2v) is 9.88. The Balaban J connectivity index is 1.79. The van der Waals surface area contributed by atoms with Gasteiger partial charge in [-0.25, -0.2) is 4.98 Å². The predicted octanol–water partition coefficient (Wildman–Crippen LogP) is 3.24. The molecule has 186 valence electrons. The van der Waals surface area contributed by atoms with E-state index >= 15 is 0 Å². The number of likely N-dealkylation sites (N-methyl/N-ethyl adjacent to an activating group) is 1. The topological polar surface area (TPSA) is 76.9 Å². The van der Waals surface area contributed by atoms with Gasteiger partial charge in [0.1, 0.15) is 17.4 Å². The molecule has 0 aromatic carbocycles. The number of carbonyl (C=O) groups excluding carboxylic acids is 1. The summed E-state index contributed by atoms with van der Waals surface area (Å²) in [4.78, 5) is 34.3. The molecule has 9 heteroatoms. The van der Waals surface area contributed by atoms with E-state index in [0.29, 0.717) is 78.2 Å². The number of hydrogen-bond acceptors (Lipinski definition) is 6. The van der Waals surface area contributed by atoms with Gasteiger partial charge in [-0.15, -0.1) is 0 Å². The van der Waals surface area contributed by atoms with Crippen molar-refractivity contribution in [1.29, 1.82) is 0 Å². The van der Waals surface area contributed by atoms with Crippen LogP contribution in [0.2, 0.25) is 5.15 Å². The Morgan fingerprint density at radius 1 is 1.26 bits per heavy atom. The Morgan fingerprint density at radius 2 is 1.97 bits per heavy atom. The highest BCUT2D eigenvalue weighted by molar-refractivity contribution is 6.34. The van der Waals surface area contributed by atoms with Crippen LogP contribution in [0.5, 0.6) is 5.75 Å². The molecule has 4 rings (SSSR count). The van der Waals surface area contributed by atoms with Crippen molar-refractivity contribution in [3.05, 3.63) is 32.8 Å². The number of likely N-dealkylation sites (tertiary alicyclic amines) is 2. The zero-order valence-electron chi connectivity index (χ0n) is 20.8. The molecule has 0 radical (unpaired) electrons. The van der Waals surface area contributed by atoms with Crippen LogP contribution in [0.3, 0.4) is 0 Å². The highest BCUT2D eigenvalue weighted by Gasteiger charge is 2.40. The number of aryl methyl sites for hydroxylation is 2. The zero-order valence-corrected chi connectivity index (χ0v) is 21.6. The van der Waals surface area contributed by atoms with Crippen LogP contribution in [-0.4, -0.2) is 71.2 Å². The number of ether oxygens (including phenoxy) is 2. The fraction of sp³-hybridized carbons (Fsp3) is 0.640. The quantitative estimate of drug-likeness (QED) is 0.578. The van der Waals surface area contributed by atoms with Crippen LogP contribution in [0.15, 0.2) is 10.9 Å². The molecular weight excluding hydrogens is 456 g/mol. The minimum absolute atomic E-state index is 0.0360. The molecule has 1 atom stereocenters. The molecule has 2 aliphatic rings. The van der Waals surface area contributed by atoms with E-state index in [0.717, 1.165) is 19.4 Å². The van der Waals surface area contributed by atoms with Crippen molar-refractivity contribution in [3.63, 3.8) is 0 Å². The van der Waals surface area contributed by atoms with Crippen LogP contribution >= 0.6 is 11.6 Å². The molecule has 0 unspecified atom stereocenters. The first-order valence-corrected chi connectivity index (χ1v) is 12.5. The summed E-state index contributed by atoms with van der Waals surface area (Å²) in [6, 6.07) is 2.18. The fourth-order valence-corrected chi connectivity index (χ4v) is 5.69. The number of aromatic nitrogens is 2. The van der Waals surface area contributed by atoms with Gasteiger partial charge in [0.25, 0.3) is 5.56 Å². The fourth-order valence-electron chi connectivity index (χ4n) is 5.42. The molecule has 8 nitrogen and oxygen atoms in total. The third kappa shape index (κ3) is 4.43. The van der Waals surface area contributed by atoms with Crippen molar-refractivity contribution < 1.29 is 14.3 Å². The Kier molecular flexibility index (Phi) is 7.22. The summed E-state index contributed by atoms with van der Waals surface area (Å²) in [6.07, 6.45) is 3.35. The van der Waals surface area contributed by atoms with Gasteiger partial charge in [-0.05, 0) is 59.2 Å². The van der Waals surface area contributed by atoms with Gasteiger partial charge < -0.3 is 23.8 Å². The van der Waals surface area contributed by atoms with E-state index in [4.69, 9.17) is 21.1 Å². The van der Waals surface area contributed by atoms with E-state index < -0.39 is 5.60 Å². The number of halogens is 1. The third-order valence-corrected chi connectivity index (χ3v) is 7.75. The van der Waals surface area contributed by atoms with Gasteiger partial charge in [-0.3, -0.25) is 9.59 Å². The summed E-state index contributed by atoms with van der Waals surface area (Å²) in [5, 5.41) is 1.01. The van der Waals surface area contributed by atoms with E-state index in [1.807, 2.05) is 19.9 Å². The number of piperidine rings is 1. The predicted molar refractivity (Wildman–Crippen MR) is 133 cm³/mol. The van der Waals surface area contributed by atoms with Gasteiger partial charge in [0.15, 0.2) is 5.75 Å². The molecule has 1 amide bonds. The lowest BCUT2D eigenvalue weighted by Gasteiger charge is -2.41. The minimum Gasteiger partial charge on any atom is -0.488 e. The van der Waals surface area contributed by atoms with Gasteiger partial charge >= 0.3 is 0 Å². The van der Waals surface area contributed by atoms with Crippen LogP contribution in [0.4, 0.5) is 0 Å². The lowest BCUT2D eigenvalue weighted by Crippen LogP contribution is -2.48. The first kappa shape index (κ1) is 24.9. The number of hydrogen-bond donors (Lipinski definition) is 0. The number of fused-ring (bicyclic) bond motifs is 1. The molecular formula is C25H35ClN4O4. The minimum atomic E-state index is -0.772. The van der Waals surface area contributed by atoms with Crippen molar-refractivity contribution in [3.8, 4) is 5.75 Å². The average Bonchev–Trinajstić information content (AvgIpc) is 3.21. The molecule has 2 saturated heterocycles. The molecule has 0 bridgehead atoms. The van der Waals surface area contributed by atoms with Crippen LogP contribution in [0.1, 0.15) is 50.8 Å².